The van der Waals surface area contributed by atoms with Crippen LogP contribution in [0, 0.1) is 17.5 Å². The van der Waals surface area contributed by atoms with Crippen molar-refractivity contribution in [2.45, 2.75) is 25.3 Å². The molecule has 1 aliphatic rings. The lowest BCUT2D eigenvalue weighted by Crippen LogP contribution is -2.33. The van der Waals surface area contributed by atoms with Gasteiger partial charge in [-0.1, -0.05) is 0 Å². The maximum absolute atomic E-state index is 14.8. The monoisotopic (exact) mass is 539 g/mol. The highest BCUT2D eigenvalue weighted by Crippen LogP contribution is 2.33. The molecule has 1 N–H and O–H groups in total. The molecule has 11 heteroatoms. The lowest BCUT2D eigenvalue weighted by Gasteiger charge is -2.32. The van der Waals surface area contributed by atoms with Crippen LogP contribution in [0.4, 0.5) is 18.9 Å². The van der Waals surface area contributed by atoms with Gasteiger partial charge in [0.1, 0.15) is 17.3 Å². The van der Waals surface area contributed by atoms with E-state index in [0.717, 1.165) is 31.1 Å². The number of methoxy groups -OCH3 is 1. The van der Waals surface area contributed by atoms with Crippen LogP contribution in [0.1, 0.15) is 40.4 Å². The van der Waals surface area contributed by atoms with E-state index in [-0.39, 0.29) is 28.3 Å². The Bertz CT molecular complexity index is 1600. The molecule has 0 aliphatic carbocycles. The number of piperidine rings is 1. The van der Waals surface area contributed by atoms with Gasteiger partial charge >= 0.3 is 5.97 Å². The predicted octanol–water partition coefficient (Wildman–Crippen LogP) is 4.35. The molecule has 4 heterocycles. The van der Waals surface area contributed by atoms with Crippen molar-refractivity contribution in [3.63, 3.8) is 0 Å². The third kappa shape index (κ3) is 4.89. The summed E-state index contributed by atoms with van der Waals surface area (Å²) in [5.74, 6) is -3.12. The molecule has 204 valence electrons. The zero-order chi connectivity index (χ0) is 27.8. The first kappa shape index (κ1) is 26.5. The number of rotatable bonds is 6. The summed E-state index contributed by atoms with van der Waals surface area (Å²) in [6, 6.07) is 6.88. The number of halogens is 3. The molecule has 0 bridgehead atoms. The van der Waals surface area contributed by atoms with Gasteiger partial charge < -0.3 is 14.6 Å². The summed E-state index contributed by atoms with van der Waals surface area (Å²) in [6.07, 6.45) is 3.84. The van der Waals surface area contributed by atoms with Gasteiger partial charge in [0.2, 0.25) is 0 Å². The van der Waals surface area contributed by atoms with E-state index < -0.39 is 23.4 Å². The van der Waals surface area contributed by atoms with Crippen LogP contribution >= 0.6 is 0 Å². The van der Waals surface area contributed by atoms with E-state index in [4.69, 9.17) is 0 Å². The molecule has 8 nitrogen and oxygen atoms in total. The minimum atomic E-state index is -0.785. The lowest BCUT2D eigenvalue weighted by atomic mass is 9.88. The quantitative estimate of drug-likeness (QED) is 0.367. The van der Waals surface area contributed by atoms with E-state index in [1.165, 1.54) is 10.6 Å². The van der Waals surface area contributed by atoms with Crippen LogP contribution in [0.15, 0.2) is 47.5 Å². The Kier molecular flexibility index (Phi) is 7.17. The Morgan fingerprint density at radius 3 is 2.44 bits per heavy atom. The number of hydrogen-bond acceptors (Lipinski definition) is 6. The smallest absolute Gasteiger partial charge is 0.338 e. The zero-order valence-corrected chi connectivity index (χ0v) is 21.8. The van der Waals surface area contributed by atoms with Crippen LogP contribution in [-0.4, -0.2) is 52.2 Å². The standard InChI is InChI=1S/C28H28F3N5O3/c1-32-23-13-25(37)36(15-22(23)31)24-4-7-33-27-19(24)12-18(34(27)2)14-35-8-5-16(6-9-35)26-20(29)10-17(11-21(26)30)28(38)39-3/h4,7,10-13,15-16,32H,5-6,8-9,14H2,1-3H3. The minimum absolute atomic E-state index is 0.00251. The molecule has 5 rings (SSSR count). The Balaban J connectivity index is 1.36. The van der Waals surface area contributed by atoms with Crippen LogP contribution in [0.3, 0.4) is 0 Å². The molecule has 1 saturated heterocycles. The Morgan fingerprint density at radius 2 is 1.79 bits per heavy atom. The number of nitrogens with one attached hydrogen (secondary N) is 1. The number of fused-ring (bicyclic) bond motifs is 1. The SMILES string of the molecule is CNc1cc(=O)n(-c2ccnc3c2cc(CN2CCC(c4c(F)cc(C(=O)OC)cc4F)CC2)n3C)cc1F. The second-order valence-electron chi connectivity index (χ2n) is 9.65. The molecule has 0 spiro atoms. The number of benzene rings is 1. The molecule has 0 atom stereocenters. The molecule has 0 radical (unpaired) electrons. The van der Waals surface area contributed by atoms with Crippen LogP contribution in [0.2, 0.25) is 0 Å². The third-order valence-corrected chi connectivity index (χ3v) is 7.42. The predicted molar refractivity (Wildman–Crippen MR) is 141 cm³/mol. The maximum atomic E-state index is 14.8. The van der Waals surface area contributed by atoms with Gasteiger partial charge in [-0.3, -0.25) is 14.3 Å². The van der Waals surface area contributed by atoms with Crippen LogP contribution < -0.4 is 10.9 Å². The second kappa shape index (κ2) is 10.6. The molecule has 4 aromatic rings. The number of pyridine rings is 2. The highest BCUT2D eigenvalue weighted by Gasteiger charge is 2.27. The molecular formula is C28H28F3N5O3. The van der Waals surface area contributed by atoms with Crippen molar-refractivity contribution < 1.29 is 22.7 Å². The largest absolute Gasteiger partial charge is 0.465 e. The van der Waals surface area contributed by atoms with Gasteiger partial charge in [-0.2, -0.15) is 0 Å². The molecule has 39 heavy (non-hydrogen) atoms. The average Bonchev–Trinajstić information content (AvgIpc) is 3.24. The van der Waals surface area contributed by atoms with Crippen LogP contribution in [0.5, 0.6) is 0 Å². The van der Waals surface area contributed by atoms with Crippen molar-refractivity contribution in [1.29, 1.82) is 0 Å². The van der Waals surface area contributed by atoms with E-state index in [1.807, 2.05) is 17.7 Å². The first-order chi connectivity index (χ1) is 18.7. The molecule has 0 amide bonds. The summed E-state index contributed by atoms with van der Waals surface area (Å²) in [7, 11) is 4.59. The summed E-state index contributed by atoms with van der Waals surface area (Å²) in [4.78, 5) is 31.0. The fourth-order valence-electron chi connectivity index (χ4n) is 5.33. The average molecular weight is 540 g/mol. The Labute approximate surface area is 222 Å². The number of aryl methyl sites for hydroxylation is 1. The number of nitrogens with zero attached hydrogens (tertiary/aromatic N) is 4. The number of carbonyl (C=O) groups excluding carboxylic acids is 1. The van der Waals surface area contributed by atoms with Gasteiger partial charge in [-0.25, -0.2) is 22.9 Å². The molecule has 1 aliphatic heterocycles. The van der Waals surface area contributed by atoms with Gasteiger partial charge in [0.15, 0.2) is 5.82 Å². The molecule has 1 fully saturated rings. The van der Waals surface area contributed by atoms with Crippen LogP contribution in [0.25, 0.3) is 16.7 Å². The number of ether oxygens (including phenoxy) is 1. The third-order valence-electron chi connectivity index (χ3n) is 7.42. The van der Waals surface area contributed by atoms with E-state index in [2.05, 4.69) is 19.9 Å². The number of anilines is 1. The molecule has 1 aromatic carbocycles. The summed E-state index contributed by atoms with van der Waals surface area (Å²) in [6.45, 7) is 1.79. The zero-order valence-electron chi connectivity index (χ0n) is 21.8. The normalized spacial score (nSPS) is 14.6. The number of esters is 1. The summed E-state index contributed by atoms with van der Waals surface area (Å²) < 4.78 is 51.7. The highest BCUT2D eigenvalue weighted by atomic mass is 19.1. The van der Waals surface area contributed by atoms with Crippen molar-refractivity contribution in [2.24, 2.45) is 7.05 Å². The molecule has 3 aromatic heterocycles. The molecule has 0 unspecified atom stereocenters. The van der Waals surface area contributed by atoms with E-state index in [0.29, 0.717) is 49.2 Å². The fourth-order valence-corrected chi connectivity index (χ4v) is 5.33. The first-order valence-corrected chi connectivity index (χ1v) is 12.5. The second-order valence-corrected chi connectivity index (χ2v) is 9.65. The van der Waals surface area contributed by atoms with Gasteiger partial charge in [0, 0.05) is 49.5 Å². The first-order valence-electron chi connectivity index (χ1n) is 12.5. The van der Waals surface area contributed by atoms with Crippen LogP contribution in [-0.2, 0) is 18.3 Å². The Hall–Kier alpha value is -4.12. The molecular weight excluding hydrogens is 511 g/mol. The lowest BCUT2D eigenvalue weighted by molar-refractivity contribution is 0.0599. The number of carbonyl (C=O) groups is 1. The van der Waals surface area contributed by atoms with Crippen molar-refractivity contribution in [3.8, 4) is 5.69 Å². The minimum Gasteiger partial charge on any atom is -0.465 e. The number of hydrogen-bond donors (Lipinski definition) is 1. The summed E-state index contributed by atoms with van der Waals surface area (Å²) in [5.41, 5.74) is 1.70. The maximum Gasteiger partial charge on any atom is 0.338 e. The van der Waals surface area contributed by atoms with Gasteiger partial charge in [-0.15, -0.1) is 0 Å². The van der Waals surface area contributed by atoms with Crippen molar-refractivity contribution in [1.82, 2.24) is 19.0 Å². The molecule has 0 saturated carbocycles. The summed E-state index contributed by atoms with van der Waals surface area (Å²) >= 11 is 0. The van der Waals surface area contributed by atoms with Gasteiger partial charge in [0.25, 0.3) is 5.56 Å². The highest BCUT2D eigenvalue weighted by molar-refractivity contribution is 5.89. The number of aromatic nitrogens is 3. The van der Waals surface area contributed by atoms with Crippen molar-refractivity contribution in [3.05, 3.63) is 87.4 Å². The van der Waals surface area contributed by atoms with E-state index >= 15 is 0 Å². The van der Waals surface area contributed by atoms with Gasteiger partial charge in [-0.05, 0) is 56.1 Å². The number of likely N-dealkylation sites (tertiary alicyclic amines) is 1. The topological polar surface area (TPSA) is 81.4 Å². The van der Waals surface area contributed by atoms with Crippen molar-refractivity contribution >= 4 is 22.7 Å². The van der Waals surface area contributed by atoms with E-state index in [9.17, 15) is 22.8 Å². The Morgan fingerprint density at radius 1 is 1.10 bits per heavy atom. The summed E-state index contributed by atoms with van der Waals surface area (Å²) in [5, 5.41) is 3.38. The van der Waals surface area contributed by atoms with Gasteiger partial charge in [0.05, 0.1) is 30.2 Å². The fraction of sp³-hybridized carbons (Fsp3) is 0.321. The van der Waals surface area contributed by atoms with E-state index in [1.54, 1.807) is 19.3 Å². The van der Waals surface area contributed by atoms with Crippen molar-refractivity contribution in [2.75, 3.05) is 32.6 Å².